The van der Waals surface area contributed by atoms with E-state index >= 15 is 0 Å². The first-order valence-corrected chi connectivity index (χ1v) is 3.52. The maximum Gasteiger partial charge on any atom is 0.220 e. The maximum atomic E-state index is 10.9. The van der Waals surface area contributed by atoms with Gasteiger partial charge in [-0.1, -0.05) is 6.92 Å². The minimum absolute atomic E-state index is 0.128. The third-order valence-electron chi connectivity index (χ3n) is 1.50. The summed E-state index contributed by atoms with van der Waals surface area (Å²) >= 11 is 0. The van der Waals surface area contributed by atoms with Crippen molar-refractivity contribution in [2.24, 2.45) is 17.4 Å². The molecule has 0 aromatic heterocycles. The number of hydrogen-bond acceptors (Lipinski definition) is 3. The molecule has 0 bridgehead atoms. The average Bonchev–Trinajstić information content (AvgIpc) is 1.87. The van der Waals surface area contributed by atoms with Crippen LogP contribution in [-0.4, -0.2) is 17.7 Å². The molecule has 0 aliphatic rings. The highest BCUT2D eigenvalue weighted by atomic mass is 16.1. The molecule has 0 aromatic carbocycles. The van der Waals surface area contributed by atoms with E-state index < -0.39 is 17.9 Å². The lowest BCUT2D eigenvalue weighted by molar-refractivity contribution is -0.127. The van der Waals surface area contributed by atoms with Crippen LogP contribution in [0.5, 0.6) is 0 Å². The summed E-state index contributed by atoms with van der Waals surface area (Å²) < 4.78 is 0. The minimum Gasteiger partial charge on any atom is -0.369 e. The van der Waals surface area contributed by atoms with Crippen molar-refractivity contribution in [3.05, 3.63) is 0 Å². The summed E-state index contributed by atoms with van der Waals surface area (Å²) in [6, 6.07) is -0.503. The molecule has 64 valence electrons. The summed E-state index contributed by atoms with van der Waals surface area (Å²) in [6.07, 6.45) is 0.146. The van der Waals surface area contributed by atoms with Gasteiger partial charge in [0.25, 0.3) is 0 Å². The number of primary amides is 1. The molecule has 0 aliphatic heterocycles. The van der Waals surface area contributed by atoms with Gasteiger partial charge < -0.3 is 11.5 Å². The predicted octanol–water partition coefficient (Wildman–Crippen LogP) is -0.586. The van der Waals surface area contributed by atoms with Crippen LogP contribution in [0.1, 0.15) is 20.3 Å². The van der Waals surface area contributed by atoms with E-state index in [9.17, 15) is 9.59 Å². The largest absolute Gasteiger partial charge is 0.369 e. The minimum atomic E-state index is -0.503. The highest BCUT2D eigenvalue weighted by Gasteiger charge is 2.16. The summed E-state index contributed by atoms with van der Waals surface area (Å²) in [7, 11) is 0. The van der Waals surface area contributed by atoms with Crippen LogP contribution < -0.4 is 11.5 Å². The molecule has 0 heterocycles. The highest BCUT2D eigenvalue weighted by Crippen LogP contribution is 2.02. The summed E-state index contributed by atoms with van der Waals surface area (Å²) in [5.74, 6) is -0.996. The molecule has 0 saturated heterocycles. The van der Waals surface area contributed by atoms with Crippen molar-refractivity contribution in [3.8, 4) is 0 Å². The molecule has 0 spiro atoms. The van der Waals surface area contributed by atoms with Crippen molar-refractivity contribution in [3.63, 3.8) is 0 Å². The molecule has 0 aliphatic carbocycles. The number of carbonyl (C=O) groups is 2. The van der Waals surface area contributed by atoms with E-state index in [1.165, 1.54) is 0 Å². The van der Waals surface area contributed by atoms with Gasteiger partial charge in [0.05, 0.1) is 6.04 Å². The predicted molar refractivity (Wildman–Crippen MR) is 41.6 cm³/mol. The molecule has 4 heteroatoms. The van der Waals surface area contributed by atoms with Crippen LogP contribution in [0, 0.1) is 5.92 Å². The zero-order valence-electron chi connectivity index (χ0n) is 6.83. The van der Waals surface area contributed by atoms with E-state index in [2.05, 4.69) is 0 Å². The third kappa shape index (κ3) is 3.72. The summed E-state index contributed by atoms with van der Waals surface area (Å²) in [6.45, 7) is 3.21. The molecule has 2 atom stereocenters. The lowest BCUT2D eigenvalue weighted by Gasteiger charge is -2.07. The van der Waals surface area contributed by atoms with Gasteiger partial charge in [-0.2, -0.15) is 0 Å². The Bertz CT molecular complexity index is 166. The first-order chi connectivity index (χ1) is 4.95. The fourth-order valence-corrected chi connectivity index (χ4v) is 0.588. The second-order valence-corrected chi connectivity index (χ2v) is 2.76. The van der Waals surface area contributed by atoms with Gasteiger partial charge in [-0.05, 0) is 6.92 Å². The SMILES string of the molecule is C[C@@H](N)C(=O)C[C@H](C)C(N)=O. The van der Waals surface area contributed by atoms with Gasteiger partial charge in [-0.25, -0.2) is 0 Å². The lowest BCUT2D eigenvalue weighted by atomic mass is 10.0. The molecule has 0 radical (unpaired) electrons. The molecule has 0 saturated carbocycles. The van der Waals surface area contributed by atoms with Crippen molar-refractivity contribution in [1.82, 2.24) is 0 Å². The normalized spacial score (nSPS) is 15.5. The monoisotopic (exact) mass is 158 g/mol. The van der Waals surface area contributed by atoms with Crippen molar-refractivity contribution in [2.75, 3.05) is 0 Å². The molecule has 4 N–H and O–H groups in total. The molecule has 11 heavy (non-hydrogen) atoms. The van der Waals surface area contributed by atoms with Gasteiger partial charge in [0.15, 0.2) is 0 Å². The average molecular weight is 158 g/mol. The Morgan fingerprint density at radius 2 is 1.82 bits per heavy atom. The van der Waals surface area contributed by atoms with E-state index in [4.69, 9.17) is 11.5 Å². The van der Waals surface area contributed by atoms with Crippen molar-refractivity contribution in [1.29, 1.82) is 0 Å². The fourth-order valence-electron chi connectivity index (χ4n) is 0.588. The van der Waals surface area contributed by atoms with Gasteiger partial charge in [-0.15, -0.1) is 0 Å². The zero-order valence-corrected chi connectivity index (χ0v) is 6.83. The zero-order chi connectivity index (χ0) is 9.02. The van der Waals surface area contributed by atoms with E-state index in [0.29, 0.717) is 0 Å². The lowest BCUT2D eigenvalue weighted by Crippen LogP contribution is -2.31. The topological polar surface area (TPSA) is 86.2 Å². The van der Waals surface area contributed by atoms with Crippen LogP contribution in [-0.2, 0) is 9.59 Å². The van der Waals surface area contributed by atoms with E-state index in [1.54, 1.807) is 13.8 Å². The van der Waals surface area contributed by atoms with Crippen LogP contribution in [0.15, 0.2) is 0 Å². The molecule has 1 amide bonds. The number of amides is 1. The summed E-state index contributed by atoms with van der Waals surface area (Å²) in [5.41, 5.74) is 10.2. The quantitative estimate of drug-likeness (QED) is 0.573. The van der Waals surface area contributed by atoms with Crippen LogP contribution in [0.4, 0.5) is 0 Å². The van der Waals surface area contributed by atoms with Gasteiger partial charge in [0.2, 0.25) is 5.91 Å². The fraction of sp³-hybridized carbons (Fsp3) is 0.714. The maximum absolute atomic E-state index is 10.9. The highest BCUT2D eigenvalue weighted by molar-refractivity contribution is 5.88. The van der Waals surface area contributed by atoms with E-state index in [0.717, 1.165) is 0 Å². The standard InChI is InChI=1S/C7H14N2O2/c1-4(7(9)11)3-6(10)5(2)8/h4-5H,3,8H2,1-2H3,(H2,9,11)/t4-,5+/m0/s1. The second kappa shape index (κ2) is 4.08. The number of rotatable bonds is 4. The number of hydrogen-bond donors (Lipinski definition) is 2. The number of carbonyl (C=O) groups excluding carboxylic acids is 2. The Labute approximate surface area is 65.9 Å². The Kier molecular flexibility index (Phi) is 3.74. The van der Waals surface area contributed by atoms with Crippen LogP contribution in [0.25, 0.3) is 0 Å². The first-order valence-electron chi connectivity index (χ1n) is 3.52. The van der Waals surface area contributed by atoms with E-state index in [1.807, 2.05) is 0 Å². The Balaban J connectivity index is 3.85. The smallest absolute Gasteiger partial charge is 0.220 e. The van der Waals surface area contributed by atoms with Crippen LogP contribution in [0.2, 0.25) is 0 Å². The van der Waals surface area contributed by atoms with Gasteiger partial charge in [0, 0.05) is 12.3 Å². The summed E-state index contributed by atoms with van der Waals surface area (Å²) in [5, 5.41) is 0. The Morgan fingerprint density at radius 3 is 2.09 bits per heavy atom. The van der Waals surface area contributed by atoms with E-state index in [-0.39, 0.29) is 12.2 Å². The summed E-state index contributed by atoms with van der Waals surface area (Å²) in [4.78, 5) is 21.4. The Morgan fingerprint density at radius 1 is 1.36 bits per heavy atom. The Hall–Kier alpha value is -0.900. The molecular formula is C7H14N2O2. The molecule has 0 fully saturated rings. The molecule has 0 aromatic rings. The van der Waals surface area contributed by atoms with Gasteiger partial charge in [0.1, 0.15) is 5.78 Å². The van der Waals surface area contributed by atoms with Crippen LogP contribution in [0.3, 0.4) is 0 Å². The van der Waals surface area contributed by atoms with Crippen molar-refractivity contribution >= 4 is 11.7 Å². The molecule has 0 rings (SSSR count). The first kappa shape index (κ1) is 10.1. The molecule has 4 nitrogen and oxygen atoms in total. The molecule has 0 unspecified atom stereocenters. The van der Waals surface area contributed by atoms with Crippen molar-refractivity contribution in [2.45, 2.75) is 26.3 Å². The number of nitrogens with two attached hydrogens (primary N) is 2. The number of Topliss-reactive ketones (excluding diaryl/α,β-unsaturated/α-hetero) is 1. The van der Waals surface area contributed by atoms with Crippen molar-refractivity contribution < 1.29 is 9.59 Å². The second-order valence-electron chi connectivity index (χ2n) is 2.76. The third-order valence-corrected chi connectivity index (χ3v) is 1.50. The molecular weight excluding hydrogens is 144 g/mol. The van der Waals surface area contributed by atoms with Crippen LogP contribution >= 0.6 is 0 Å². The van der Waals surface area contributed by atoms with Gasteiger partial charge in [-0.3, -0.25) is 9.59 Å². The number of ketones is 1. The van der Waals surface area contributed by atoms with Gasteiger partial charge >= 0.3 is 0 Å².